The lowest BCUT2D eigenvalue weighted by atomic mass is 9.83. The van der Waals surface area contributed by atoms with Crippen molar-refractivity contribution in [3.63, 3.8) is 0 Å². The summed E-state index contributed by atoms with van der Waals surface area (Å²) in [4.78, 5) is 16.4. The maximum Gasteiger partial charge on any atom is 0.323 e. The molecule has 0 saturated carbocycles. The molecule has 0 spiro atoms. The number of aromatic nitrogens is 1. The van der Waals surface area contributed by atoms with Gasteiger partial charge in [0.2, 0.25) is 0 Å². The van der Waals surface area contributed by atoms with Gasteiger partial charge in [-0.05, 0) is 31.2 Å². The zero-order chi connectivity index (χ0) is 17.0. The summed E-state index contributed by atoms with van der Waals surface area (Å²) >= 11 is 0. The highest BCUT2D eigenvalue weighted by atomic mass is 16.4. The molecule has 1 aromatic carbocycles. The number of nitrogens with zero attached hydrogens (tertiary/aromatic N) is 1. The van der Waals surface area contributed by atoms with Gasteiger partial charge < -0.3 is 9.73 Å². The van der Waals surface area contributed by atoms with Crippen LogP contribution in [0, 0.1) is 19.3 Å². The molecular weight excluding hydrogens is 290 g/mol. The molecule has 1 atom stereocenters. The zero-order valence-electron chi connectivity index (χ0n) is 14.4. The number of rotatable bonds is 4. The summed E-state index contributed by atoms with van der Waals surface area (Å²) in [5.41, 5.74) is 1.89. The van der Waals surface area contributed by atoms with E-state index in [9.17, 15) is 4.79 Å². The van der Waals surface area contributed by atoms with E-state index in [1.54, 1.807) is 0 Å². The highest BCUT2D eigenvalue weighted by molar-refractivity contribution is 5.87. The molecule has 2 rings (SSSR count). The Morgan fingerprint density at radius 2 is 1.87 bits per heavy atom. The third-order valence-electron chi connectivity index (χ3n) is 3.88. The minimum Gasteiger partial charge on any atom is -0.428 e. The van der Waals surface area contributed by atoms with Gasteiger partial charge in [0.1, 0.15) is 5.76 Å². The Bertz CT molecular complexity index is 637. The first kappa shape index (κ1) is 17.1. The monoisotopic (exact) mass is 315 g/mol. The Labute approximate surface area is 137 Å². The largest absolute Gasteiger partial charge is 0.428 e. The number of carbonyl (C=O) groups is 1. The Morgan fingerprint density at radius 3 is 2.39 bits per heavy atom. The van der Waals surface area contributed by atoms with Gasteiger partial charge in [-0.2, -0.15) is 4.98 Å². The molecule has 5 heteroatoms. The van der Waals surface area contributed by atoms with E-state index in [1.165, 1.54) is 5.56 Å². The lowest BCUT2D eigenvalue weighted by Crippen LogP contribution is -2.46. The average molecular weight is 315 g/mol. The van der Waals surface area contributed by atoms with E-state index in [0.717, 1.165) is 12.1 Å². The molecule has 5 nitrogen and oxygen atoms in total. The molecule has 2 N–H and O–H groups in total. The second kappa shape index (κ2) is 6.86. The molecule has 0 aliphatic rings. The van der Waals surface area contributed by atoms with E-state index in [2.05, 4.69) is 48.5 Å². The van der Waals surface area contributed by atoms with Crippen molar-refractivity contribution in [1.29, 1.82) is 0 Å². The van der Waals surface area contributed by atoms with Crippen LogP contribution in [0.1, 0.15) is 37.8 Å². The third-order valence-corrected chi connectivity index (χ3v) is 3.88. The molecule has 0 bridgehead atoms. The summed E-state index contributed by atoms with van der Waals surface area (Å²) in [5, 5.41) is 5.70. The number of benzene rings is 1. The van der Waals surface area contributed by atoms with Crippen molar-refractivity contribution in [2.75, 3.05) is 5.32 Å². The molecule has 0 unspecified atom stereocenters. The standard InChI is InChI=1S/C18H25N3O2/c1-12-13(2)23-17(19-12)21-16(22)20-15(18(3,4)5)11-14-9-7-6-8-10-14/h6-10,15H,11H2,1-5H3,(H2,19,20,21,22)/t15-/m0/s1. The molecule has 0 aliphatic carbocycles. The normalized spacial score (nSPS) is 12.7. The van der Waals surface area contributed by atoms with Crippen LogP contribution >= 0.6 is 0 Å². The minimum atomic E-state index is -0.304. The number of aryl methyl sites for hydroxylation is 2. The van der Waals surface area contributed by atoms with Gasteiger partial charge in [0.15, 0.2) is 0 Å². The summed E-state index contributed by atoms with van der Waals surface area (Å²) in [6.45, 7) is 10.00. The Kier molecular flexibility index (Phi) is 5.08. The predicted molar refractivity (Wildman–Crippen MR) is 91.5 cm³/mol. The van der Waals surface area contributed by atoms with Gasteiger partial charge in [-0.25, -0.2) is 4.79 Å². The first-order valence-corrected chi connectivity index (χ1v) is 7.81. The fourth-order valence-corrected chi connectivity index (χ4v) is 2.24. The Balaban J connectivity index is 2.04. The summed E-state index contributed by atoms with van der Waals surface area (Å²) in [6.07, 6.45) is 0.765. The minimum absolute atomic E-state index is 0.0120. The summed E-state index contributed by atoms with van der Waals surface area (Å²) in [5.74, 6) is 0.706. The molecule has 0 fully saturated rings. The maximum atomic E-state index is 12.3. The lowest BCUT2D eigenvalue weighted by Gasteiger charge is -2.31. The number of carbonyl (C=O) groups excluding carboxylic acids is 1. The average Bonchev–Trinajstić information content (AvgIpc) is 2.76. The highest BCUT2D eigenvalue weighted by Crippen LogP contribution is 2.23. The number of hydrogen-bond donors (Lipinski definition) is 2. The maximum absolute atomic E-state index is 12.3. The Hall–Kier alpha value is -2.30. The lowest BCUT2D eigenvalue weighted by molar-refractivity contribution is 0.227. The fourth-order valence-electron chi connectivity index (χ4n) is 2.24. The summed E-state index contributed by atoms with van der Waals surface area (Å²) < 4.78 is 5.39. The van der Waals surface area contributed by atoms with Crippen molar-refractivity contribution in [2.24, 2.45) is 5.41 Å². The molecule has 2 aromatic rings. The van der Waals surface area contributed by atoms with Crippen LogP contribution in [0.2, 0.25) is 0 Å². The number of amides is 2. The molecule has 23 heavy (non-hydrogen) atoms. The highest BCUT2D eigenvalue weighted by Gasteiger charge is 2.27. The predicted octanol–water partition coefficient (Wildman–Crippen LogP) is 4.07. The van der Waals surface area contributed by atoms with Crippen molar-refractivity contribution < 1.29 is 9.21 Å². The molecule has 0 radical (unpaired) electrons. The van der Waals surface area contributed by atoms with Crippen molar-refractivity contribution in [2.45, 2.75) is 47.1 Å². The van der Waals surface area contributed by atoms with Crippen LogP contribution in [-0.2, 0) is 6.42 Å². The van der Waals surface area contributed by atoms with Crippen molar-refractivity contribution in [3.05, 3.63) is 47.3 Å². The van der Waals surface area contributed by atoms with E-state index >= 15 is 0 Å². The van der Waals surface area contributed by atoms with Crippen LogP contribution in [0.5, 0.6) is 0 Å². The summed E-state index contributed by atoms with van der Waals surface area (Å²) in [6, 6.07) is 10.1. The molecule has 124 valence electrons. The molecule has 2 amide bonds. The number of hydrogen-bond acceptors (Lipinski definition) is 3. The van der Waals surface area contributed by atoms with Gasteiger partial charge in [0.05, 0.1) is 5.69 Å². The van der Waals surface area contributed by atoms with Crippen LogP contribution in [0.25, 0.3) is 0 Å². The van der Waals surface area contributed by atoms with Crippen LogP contribution in [0.3, 0.4) is 0 Å². The summed E-state index contributed by atoms with van der Waals surface area (Å²) in [7, 11) is 0. The van der Waals surface area contributed by atoms with Crippen LogP contribution < -0.4 is 10.6 Å². The van der Waals surface area contributed by atoms with Gasteiger partial charge in [-0.15, -0.1) is 0 Å². The van der Waals surface area contributed by atoms with Gasteiger partial charge in [-0.3, -0.25) is 5.32 Å². The molecular formula is C18H25N3O2. The van der Waals surface area contributed by atoms with E-state index in [0.29, 0.717) is 5.76 Å². The molecule has 0 aliphatic heterocycles. The SMILES string of the molecule is Cc1nc(NC(=O)N[C@@H](Cc2ccccc2)C(C)(C)C)oc1C. The molecule has 1 aromatic heterocycles. The van der Waals surface area contributed by atoms with E-state index < -0.39 is 0 Å². The van der Waals surface area contributed by atoms with Crippen LogP contribution in [-0.4, -0.2) is 17.1 Å². The first-order chi connectivity index (χ1) is 10.8. The van der Waals surface area contributed by atoms with Crippen molar-refractivity contribution in [1.82, 2.24) is 10.3 Å². The molecule has 0 saturated heterocycles. The van der Waals surface area contributed by atoms with Gasteiger partial charge in [0.25, 0.3) is 0 Å². The number of anilines is 1. The van der Waals surface area contributed by atoms with E-state index in [4.69, 9.17) is 4.42 Å². The first-order valence-electron chi connectivity index (χ1n) is 7.81. The van der Waals surface area contributed by atoms with E-state index in [1.807, 2.05) is 32.0 Å². The van der Waals surface area contributed by atoms with Gasteiger partial charge >= 0.3 is 12.0 Å². The van der Waals surface area contributed by atoms with Crippen LogP contribution in [0.4, 0.5) is 10.8 Å². The zero-order valence-corrected chi connectivity index (χ0v) is 14.4. The number of oxazole rings is 1. The van der Waals surface area contributed by atoms with Crippen molar-refractivity contribution >= 4 is 12.0 Å². The Morgan fingerprint density at radius 1 is 1.22 bits per heavy atom. The molecule has 1 heterocycles. The third kappa shape index (κ3) is 4.84. The van der Waals surface area contributed by atoms with Gasteiger partial charge in [0, 0.05) is 6.04 Å². The smallest absolute Gasteiger partial charge is 0.323 e. The van der Waals surface area contributed by atoms with Gasteiger partial charge in [-0.1, -0.05) is 51.1 Å². The number of nitrogens with one attached hydrogen (secondary N) is 2. The van der Waals surface area contributed by atoms with Crippen LogP contribution in [0.15, 0.2) is 34.7 Å². The van der Waals surface area contributed by atoms with E-state index in [-0.39, 0.29) is 23.5 Å². The van der Waals surface area contributed by atoms with Crippen molar-refractivity contribution in [3.8, 4) is 0 Å². The fraction of sp³-hybridized carbons (Fsp3) is 0.444. The second-order valence-corrected chi connectivity index (χ2v) is 6.87. The number of urea groups is 1. The topological polar surface area (TPSA) is 67.2 Å². The quantitative estimate of drug-likeness (QED) is 0.893. The second-order valence-electron chi connectivity index (χ2n) is 6.87.